The van der Waals surface area contributed by atoms with Crippen LogP contribution in [0, 0.1) is 0 Å². The molecule has 0 spiro atoms. The molecule has 2 saturated heterocycles. The molecule has 2 N–H and O–H groups in total. The fourth-order valence-electron chi connectivity index (χ4n) is 2.86. The molecule has 0 amide bonds. The van der Waals surface area contributed by atoms with Crippen molar-refractivity contribution in [3.8, 4) is 0 Å². The fourth-order valence-corrected chi connectivity index (χ4v) is 2.98. The molecule has 0 bridgehead atoms. The third-order valence-electron chi connectivity index (χ3n) is 4.43. The maximum Gasteiger partial charge on any atom is 0.191 e. The number of likely N-dealkylation sites (tertiary alicyclic amines) is 1. The van der Waals surface area contributed by atoms with Crippen LogP contribution in [0.1, 0.15) is 6.42 Å². The van der Waals surface area contributed by atoms with Crippen molar-refractivity contribution < 1.29 is 0 Å². The van der Waals surface area contributed by atoms with Crippen molar-refractivity contribution in [3.05, 3.63) is 29.3 Å². The second-order valence-electron chi connectivity index (χ2n) is 5.89. The Labute approximate surface area is 137 Å². The molecule has 0 aromatic heterocycles. The van der Waals surface area contributed by atoms with Gasteiger partial charge >= 0.3 is 0 Å². The van der Waals surface area contributed by atoms with Gasteiger partial charge in [-0.25, -0.2) is 0 Å². The van der Waals surface area contributed by atoms with E-state index in [4.69, 9.17) is 17.3 Å². The van der Waals surface area contributed by atoms with E-state index in [-0.39, 0.29) is 0 Å². The van der Waals surface area contributed by atoms with Crippen molar-refractivity contribution in [2.45, 2.75) is 6.42 Å². The third kappa shape index (κ3) is 3.84. The first kappa shape index (κ1) is 15.4. The van der Waals surface area contributed by atoms with Crippen molar-refractivity contribution in [3.63, 3.8) is 0 Å². The van der Waals surface area contributed by atoms with Gasteiger partial charge in [-0.2, -0.15) is 0 Å². The highest BCUT2D eigenvalue weighted by Crippen LogP contribution is 2.19. The van der Waals surface area contributed by atoms with Gasteiger partial charge in [-0.1, -0.05) is 11.6 Å². The molecule has 120 valence electrons. The Balaban J connectivity index is 1.46. The molecule has 22 heavy (non-hydrogen) atoms. The highest BCUT2D eigenvalue weighted by Gasteiger charge is 2.18. The van der Waals surface area contributed by atoms with E-state index in [1.165, 1.54) is 25.2 Å². The first-order valence-electron chi connectivity index (χ1n) is 8.00. The third-order valence-corrected chi connectivity index (χ3v) is 4.69. The Morgan fingerprint density at radius 3 is 2.32 bits per heavy atom. The first-order valence-corrected chi connectivity index (χ1v) is 8.38. The molecule has 6 heteroatoms. The van der Waals surface area contributed by atoms with E-state index in [0.717, 1.165) is 44.3 Å². The highest BCUT2D eigenvalue weighted by molar-refractivity contribution is 6.30. The number of anilines is 1. The number of benzene rings is 1. The first-order chi connectivity index (χ1) is 10.7. The summed E-state index contributed by atoms with van der Waals surface area (Å²) in [7, 11) is 0. The molecule has 2 aliphatic heterocycles. The van der Waals surface area contributed by atoms with Crippen LogP contribution in [-0.2, 0) is 0 Å². The van der Waals surface area contributed by atoms with E-state index < -0.39 is 0 Å². The van der Waals surface area contributed by atoms with Gasteiger partial charge in [-0.15, -0.1) is 0 Å². The Bertz CT molecular complexity index is 504. The van der Waals surface area contributed by atoms with Gasteiger partial charge in [0.1, 0.15) is 0 Å². The summed E-state index contributed by atoms with van der Waals surface area (Å²) < 4.78 is 0. The quantitative estimate of drug-likeness (QED) is 0.674. The van der Waals surface area contributed by atoms with Crippen LogP contribution in [0.5, 0.6) is 0 Å². The summed E-state index contributed by atoms with van der Waals surface area (Å²) >= 11 is 5.94. The Hall–Kier alpha value is -1.46. The summed E-state index contributed by atoms with van der Waals surface area (Å²) in [5.41, 5.74) is 7.34. The van der Waals surface area contributed by atoms with Crippen LogP contribution in [0.4, 0.5) is 5.69 Å². The number of piperazine rings is 1. The van der Waals surface area contributed by atoms with Crippen LogP contribution in [0.3, 0.4) is 0 Å². The van der Waals surface area contributed by atoms with Crippen LogP contribution in [-0.4, -0.2) is 68.1 Å². The number of hydrogen-bond donors (Lipinski definition) is 1. The zero-order valence-electron chi connectivity index (χ0n) is 12.9. The summed E-state index contributed by atoms with van der Waals surface area (Å²) in [4.78, 5) is 11.5. The predicted molar refractivity (Wildman–Crippen MR) is 92.8 cm³/mol. The molecule has 0 saturated carbocycles. The van der Waals surface area contributed by atoms with Crippen LogP contribution in [0.25, 0.3) is 0 Å². The lowest BCUT2D eigenvalue weighted by Crippen LogP contribution is -2.51. The van der Waals surface area contributed by atoms with Gasteiger partial charge < -0.3 is 20.4 Å². The molecule has 3 rings (SSSR count). The lowest BCUT2D eigenvalue weighted by atomic mass is 10.2. The van der Waals surface area contributed by atoms with Crippen LogP contribution >= 0.6 is 11.6 Å². The Morgan fingerprint density at radius 2 is 1.73 bits per heavy atom. The lowest BCUT2D eigenvalue weighted by Gasteiger charge is -2.36. The van der Waals surface area contributed by atoms with Gasteiger partial charge in [0.25, 0.3) is 0 Å². The second-order valence-corrected chi connectivity index (χ2v) is 6.32. The van der Waals surface area contributed by atoms with Crippen LogP contribution in [0.2, 0.25) is 5.02 Å². The number of aliphatic imine (C=N–C) groups is 1. The topological polar surface area (TPSA) is 48.1 Å². The summed E-state index contributed by atoms with van der Waals surface area (Å²) in [6.07, 6.45) is 1.33. The summed E-state index contributed by atoms with van der Waals surface area (Å²) in [6.45, 7) is 8.04. The molecule has 5 nitrogen and oxygen atoms in total. The molecule has 0 radical (unpaired) electrons. The average molecular weight is 322 g/mol. The zero-order valence-corrected chi connectivity index (χ0v) is 13.7. The number of halogens is 1. The number of nitrogens with two attached hydrogens (primary N) is 1. The number of hydrogen-bond acceptors (Lipinski definition) is 3. The smallest absolute Gasteiger partial charge is 0.191 e. The van der Waals surface area contributed by atoms with E-state index in [1.54, 1.807) is 0 Å². The lowest BCUT2D eigenvalue weighted by molar-refractivity contribution is 0.187. The van der Waals surface area contributed by atoms with Crippen molar-refractivity contribution in [2.75, 3.05) is 57.3 Å². The summed E-state index contributed by atoms with van der Waals surface area (Å²) in [5.74, 6) is 0.691. The SMILES string of the molecule is NC(=NCCN1CCC1)N1CCN(c2ccc(Cl)cc2)CC1. The minimum atomic E-state index is 0.691. The molecule has 1 aromatic rings. The predicted octanol–water partition coefficient (Wildman–Crippen LogP) is 1.48. The fraction of sp³-hybridized carbons (Fsp3) is 0.562. The van der Waals surface area contributed by atoms with Crippen LogP contribution in [0.15, 0.2) is 29.3 Å². The monoisotopic (exact) mass is 321 g/mol. The average Bonchev–Trinajstić information content (AvgIpc) is 2.50. The van der Waals surface area contributed by atoms with Gasteiger partial charge in [-0.3, -0.25) is 4.99 Å². The van der Waals surface area contributed by atoms with Crippen molar-refractivity contribution in [1.82, 2.24) is 9.80 Å². The van der Waals surface area contributed by atoms with Gasteiger partial charge in [-0.05, 0) is 43.8 Å². The summed E-state index contributed by atoms with van der Waals surface area (Å²) in [5, 5.41) is 0.779. The molecular weight excluding hydrogens is 298 g/mol. The van der Waals surface area contributed by atoms with Crippen molar-refractivity contribution >= 4 is 23.2 Å². The minimum Gasteiger partial charge on any atom is -0.370 e. The van der Waals surface area contributed by atoms with E-state index in [0.29, 0.717) is 5.96 Å². The minimum absolute atomic E-state index is 0.691. The van der Waals surface area contributed by atoms with E-state index in [9.17, 15) is 0 Å². The molecule has 2 aliphatic rings. The highest BCUT2D eigenvalue weighted by atomic mass is 35.5. The van der Waals surface area contributed by atoms with Gasteiger partial charge in [0.2, 0.25) is 0 Å². The maximum absolute atomic E-state index is 6.12. The van der Waals surface area contributed by atoms with E-state index in [2.05, 4.69) is 31.8 Å². The normalized spacial score (nSPS) is 20.1. The van der Waals surface area contributed by atoms with E-state index >= 15 is 0 Å². The van der Waals surface area contributed by atoms with Gasteiger partial charge in [0, 0.05) is 43.4 Å². The Morgan fingerprint density at radius 1 is 1.05 bits per heavy atom. The van der Waals surface area contributed by atoms with Crippen molar-refractivity contribution in [1.29, 1.82) is 0 Å². The number of guanidine groups is 1. The van der Waals surface area contributed by atoms with Gasteiger partial charge in [0.15, 0.2) is 5.96 Å². The molecule has 0 atom stereocenters. The standard InChI is InChI=1S/C16H24ClN5/c17-14-2-4-15(5-3-14)21-10-12-22(13-11-21)16(18)19-6-9-20-7-1-8-20/h2-5H,1,6-13H2,(H2,18,19). The van der Waals surface area contributed by atoms with Gasteiger partial charge in [0.05, 0.1) is 6.54 Å². The largest absolute Gasteiger partial charge is 0.370 e. The molecule has 0 aliphatic carbocycles. The number of rotatable bonds is 4. The molecule has 2 heterocycles. The molecule has 1 aromatic carbocycles. The van der Waals surface area contributed by atoms with Crippen molar-refractivity contribution in [2.24, 2.45) is 10.7 Å². The molecular formula is C16H24ClN5. The summed E-state index contributed by atoms with van der Waals surface area (Å²) in [6, 6.07) is 8.02. The number of nitrogens with zero attached hydrogens (tertiary/aromatic N) is 4. The Kier molecular flexibility index (Phi) is 5.05. The van der Waals surface area contributed by atoms with Crippen LogP contribution < -0.4 is 10.6 Å². The van der Waals surface area contributed by atoms with E-state index in [1.807, 2.05) is 12.1 Å². The second kappa shape index (κ2) is 7.20. The molecule has 2 fully saturated rings. The zero-order chi connectivity index (χ0) is 15.4. The molecule has 0 unspecified atom stereocenters. The maximum atomic E-state index is 6.12.